The van der Waals surface area contributed by atoms with Crippen molar-refractivity contribution >= 4 is 22.6 Å². The molecule has 3 nitrogen and oxygen atoms in total. The molecule has 0 saturated carbocycles. The smallest absolute Gasteiger partial charge is 0.286 e. The summed E-state index contributed by atoms with van der Waals surface area (Å²) in [6.07, 6.45) is 9.70. The summed E-state index contributed by atoms with van der Waals surface area (Å²) in [7, 11) is 0. The Kier molecular flexibility index (Phi) is 13.6. The average molecular weight is 490 g/mol. The van der Waals surface area contributed by atoms with Gasteiger partial charge >= 0.3 is 0 Å². The standard InChI is InChI=1S/C23H39IO3/c1-5-9-10-11-12-13-14-21(19-20-15-17-22(24)18-16-20)23(25-6-2,26-7-3)27-8-4/h15-18,21H,5-14,19H2,1-4H3. The van der Waals surface area contributed by atoms with Crippen molar-refractivity contribution in [2.45, 2.75) is 85.0 Å². The van der Waals surface area contributed by atoms with E-state index < -0.39 is 5.97 Å². The molecule has 1 rings (SSSR count). The summed E-state index contributed by atoms with van der Waals surface area (Å²) in [5.41, 5.74) is 1.31. The molecule has 0 fully saturated rings. The lowest BCUT2D eigenvalue weighted by Crippen LogP contribution is -2.47. The van der Waals surface area contributed by atoms with Crippen LogP contribution in [0.4, 0.5) is 0 Å². The van der Waals surface area contributed by atoms with Gasteiger partial charge in [0.25, 0.3) is 5.97 Å². The van der Waals surface area contributed by atoms with Gasteiger partial charge in [0, 0.05) is 29.3 Å². The second-order valence-electron chi connectivity index (χ2n) is 6.99. The van der Waals surface area contributed by atoms with Gasteiger partial charge in [-0.15, -0.1) is 0 Å². The first-order valence-electron chi connectivity index (χ1n) is 10.8. The number of halogens is 1. The lowest BCUT2D eigenvalue weighted by molar-refractivity contribution is -0.402. The van der Waals surface area contributed by atoms with Crippen LogP contribution in [0.25, 0.3) is 0 Å². The van der Waals surface area contributed by atoms with Crippen molar-refractivity contribution in [1.29, 1.82) is 0 Å². The molecule has 0 aliphatic rings. The van der Waals surface area contributed by atoms with Gasteiger partial charge in [-0.3, -0.25) is 0 Å². The van der Waals surface area contributed by atoms with E-state index in [9.17, 15) is 0 Å². The largest absolute Gasteiger partial charge is 0.328 e. The second-order valence-corrected chi connectivity index (χ2v) is 8.23. The Balaban J connectivity index is 2.88. The Morgan fingerprint density at radius 2 is 1.30 bits per heavy atom. The van der Waals surface area contributed by atoms with Gasteiger partial charge in [-0.25, -0.2) is 0 Å². The monoisotopic (exact) mass is 490 g/mol. The molecule has 1 unspecified atom stereocenters. The summed E-state index contributed by atoms with van der Waals surface area (Å²) in [4.78, 5) is 0. The summed E-state index contributed by atoms with van der Waals surface area (Å²) in [6.45, 7) is 10.1. The van der Waals surface area contributed by atoms with E-state index in [4.69, 9.17) is 14.2 Å². The van der Waals surface area contributed by atoms with E-state index in [1.807, 2.05) is 20.8 Å². The van der Waals surface area contributed by atoms with Gasteiger partial charge in [0.15, 0.2) is 0 Å². The molecule has 1 aromatic carbocycles. The fourth-order valence-electron chi connectivity index (χ4n) is 3.56. The Bertz CT molecular complexity index is 458. The van der Waals surface area contributed by atoms with Crippen molar-refractivity contribution in [3.63, 3.8) is 0 Å². The predicted molar refractivity (Wildman–Crippen MR) is 122 cm³/mol. The van der Waals surface area contributed by atoms with E-state index >= 15 is 0 Å². The zero-order valence-electron chi connectivity index (χ0n) is 17.8. The fourth-order valence-corrected chi connectivity index (χ4v) is 3.92. The van der Waals surface area contributed by atoms with Gasteiger partial charge in [-0.05, 0) is 73.9 Å². The molecule has 0 aliphatic carbocycles. The minimum absolute atomic E-state index is 0.184. The summed E-state index contributed by atoms with van der Waals surface area (Å²) in [5, 5.41) is 0. The average Bonchev–Trinajstić information content (AvgIpc) is 2.65. The van der Waals surface area contributed by atoms with E-state index in [0.717, 1.165) is 12.8 Å². The van der Waals surface area contributed by atoms with Crippen LogP contribution in [0.5, 0.6) is 0 Å². The zero-order chi connectivity index (χ0) is 20.0. The highest BCUT2D eigenvalue weighted by Crippen LogP contribution is 2.33. The highest BCUT2D eigenvalue weighted by Gasteiger charge is 2.41. The second kappa shape index (κ2) is 14.8. The van der Waals surface area contributed by atoms with Gasteiger partial charge < -0.3 is 14.2 Å². The molecule has 0 radical (unpaired) electrons. The van der Waals surface area contributed by atoms with Crippen LogP contribution in [0.2, 0.25) is 0 Å². The molecule has 0 heterocycles. The molecule has 0 spiro atoms. The van der Waals surface area contributed by atoms with Crippen molar-refractivity contribution in [3.8, 4) is 0 Å². The topological polar surface area (TPSA) is 27.7 Å². The third-order valence-corrected chi connectivity index (χ3v) is 5.56. The molecule has 156 valence electrons. The third kappa shape index (κ3) is 9.25. The summed E-state index contributed by atoms with van der Waals surface area (Å²) >= 11 is 2.35. The molecule has 0 aliphatic heterocycles. The van der Waals surface area contributed by atoms with Crippen LogP contribution in [0, 0.1) is 9.49 Å². The van der Waals surface area contributed by atoms with Crippen LogP contribution >= 0.6 is 22.6 Å². The van der Waals surface area contributed by atoms with Crippen LogP contribution in [0.1, 0.15) is 78.2 Å². The Hall–Kier alpha value is -0.170. The molecular weight excluding hydrogens is 451 g/mol. The Morgan fingerprint density at radius 3 is 1.81 bits per heavy atom. The van der Waals surface area contributed by atoms with Gasteiger partial charge in [0.05, 0.1) is 0 Å². The molecule has 0 saturated heterocycles. The first-order chi connectivity index (χ1) is 13.1. The normalized spacial score (nSPS) is 13.1. The maximum Gasteiger partial charge on any atom is 0.286 e. The summed E-state index contributed by atoms with van der Waals surface area (Å²) in [5.74, 6) is -0.756. The van der Waals surface area contributed by atoms with Gasteiger partial charge in [-0.2, -0.15) is 0 Å². The predicted octanol–water partition coefficient (Wildman–Crippen LogP) is 6.96. The van der Waals surface area contributed by atoms with E-state index in [1.54, 1.807) is 0 Å². The van der Waals surface area contributed by atoms with E-state index in [-0.39, 0.29) is 5.92 Å². The molecule has 0 aromatic heterocycles. The Labute approximate surface area is 180 Å². The van der Waals surface area contributed by atoms with E-state index in [1.165, 1.54) is 47.7 Å². The molecule has 4 heteroatoms. The lowest BCUT2D eigenvalue weighted by atomic mass is 9.90. The molecule has 1 aromatic rings. The number of hydrogen-bond acceptors (Lipinski definition) is 3. The van der Waals surface area contributed by atoms with Crippen molar-refractivity contribution < 1.29 is 14.2 Å². The number of hydrogen-bond donors (Lipinski definition) is 0. The van der Waals surface area contributed by atoms with Crippen molar-refractivity contribution in [2.24, 2.45) is 5.92 Å². The fraction of sp³-hybridized carbons (Fsp3) is 0.739. The van der Waals surface area contributed by atoms with Crippen LogP contribution in [0.15, 0.2) is 24.3 Å². The van der Waals surface area contributed by atoms with Gasteiger partial charge in [0.1, 0.15) is 0 Å². The molecular formula is C23H39IO3. The first kappa shape index (κ1) is 24.9. The third-order valence-electron chi connectivity index (χ3n) is 4.84. The minimum atomic E-state index is -0.940. The van der Waals surface area contributed by atoms with Crippen molar-refractivity contribution in [1.82, 2.24) is 0 Å². The van der Waals surface area contributed by atoms with Gasteiger partial charge in [0.2, 0.25) is 0 Å². The maximum absolute atomic E-state index is 6.12. The molecule has 27 heavy (non-hydrogen) atoms. The quantitative estimate of drug-likeness (QED) is 0.142. The van der Waals surface area contributed by atoms with Crippen molar-refractivity contribution in [2.75, 3.05) is 19.8 Å². The first-order valence-corrected chi connectivity index (χ1v) is 11.9. The number of ether oxygens (including phenoxy) is 3. The Morgan fingerprint density at radius 1 is 0.778 bits per heavy atom. The molecule has 0 bridgehead atoms. The number of benzene rings is 1. The van der Waals surface area contributed by atoms with Crippen LogP contribution in [-0.4, -0.2) is 25.8 Å². The van der Waals surface area contributed by atoms with E-state index in [2.05, 4.69) is 53.8 Å². The number of rotatable bonds is 16. The zero-order valence-corrected chi connectivity index (χ0v) is 19.9. The lowest BCUT2D eigenvalue weighted by Gasteiger charge is -2.39. The molecule has 1 atom stereocenters. The molecule has 0 amide bonds. The highest BCUT2D eigenvalue weighted by molar-refractivity contribution is 14.1. The highest BCUT2D eigenvalue weighted by atomic mass is 127. The van der Waals surface area contributed by atoms with Crippen LogP contribution in [0.3, 0.4) is 0 Å². The van der Waals surface area contributed by atoms with E-state index in [0.29, 0.717) is 19.8 Å². The number of unbranched alkanes of at least 4 members (excludes halogenated alkanes) is 5. The summed E-state index contributed by atoms with van der Waals surface area (Å²) in [6, 6.07) is 8.76. The molecule has 0 N–H and O–H groups in total. The van der Waals surface area contributed by atoms with Crippen LogP contribution < -0.4 is 0 Å². The summed E-state index contributed by atoms with van der Waals surface area (Å²) < 4.78 is 19.6. The minimum Gasteiger partial charge on any atom is -0.328 e. The SMILES string of the molecule is CCCCCCCCC(Cc1ccc(I)cc1)C(OCC)(OCC)OCC. The van der Waals surface area contributed by atoms with Crippen molar-refractivity contribution in [3.05, 3.63) is 33.4 Å². The van der Waals surface area contributed by atoms with Crippen LogP contribution in [-0.2, 0) is 20.6 Å². The van der Waals surface area contributed by atoms with Gasteiger partial charge in [-0.1, -0.05) is 57.6 Å². The maximum atomic E-state index is 6.12.